The molecule has 114 valence electrons. The quantitative estimate of drug-likeness (QED) is 0.402. The minimum atomic E-state index is -4.06. The van der Waals surface area contributed by atoms with Crippen LogP contribution in [0.15, 0.2) is 23.1 Å². The number of halogens is 1. The van der Waals surface area contributed by atoms with Crippen molar-refractivity contribution in [3.05, 3.63) is 23.2 Å². The second-order valence-corrected chi connectivity index (χ2v) is 6.30. The van der Waals surface area contributed by atoms with Crippen LogP contribution in [-0.4, -0.2) is 57.3 Å². The topological polar surface area (TPSA) is 161 Å². The van der Waals surface area contributed by atoms with E-state index in [4.69, 9.17) is 26.7 Å². The van der Waals surface area contributed by atoms with Gasteiger partial charge in [0.15, 0.2) is 0 Å². The minimum Gasteiger partial charge on any atom is -0.559 e. The van der Waals surface area contributed by atoms with Crippen LogP contribution in [0.1, 0.15) is 0 Å². The van der Waals surface area contributed by atoms with Gasteiger partial charge in [-0.25, -0.2) is 13.1 Å². The Labute approximate surface area is 123 Å². The maximum Gasteiger partial charge on any atom is 0.386 e. The Bertz CT molecular complexity index is 732. The van der Waals surface area contributed by atoms with E-state index in [0.717, 1.165) is 6.07 Å². The number of nitrogens with one attached hydrogen (secondary N) is 2. The summed E-state index contributed by atoms with van der Waals surface area (Å²) in [4.78, 5) is -0.222. The van der Waals surface area contributed by atoms with Gasteiger partial charge in [-0.2, -0.15) is 5.21 Å². The van der Waals surface area contributed by atoms with E-state index in [2.05, 4.69) is 20.6 Å². The fourth-order valence-corrected chi connectivity index (χ4v) is 2.88. The van der Waals surface area contributed by atoms with Crippen molar-refractivity contribution in [1.82, 2.24) is 25.3 Å². The number of aromatic amines is 1. The van der Waals surface area contributed by atoms with Crippen LogP contribution in [0.25, 0.3) is 11.4 Å². The zero-order chi connectivity index (χ0) is 15.7. The first kappa shape index (κ1) is 15.8. The molecule has 1 heterocycles. The van der Waals surface area contributed by atoms with Crippen molar-refractivity contribution in [2.75, 3.05) is 6.44 Å². The molecule has 0 unspecified atom stereocenters. The lowest BCUT2D eigenvalue weighted by Gasteiger charge is -2.20. The lowest BCUT2D eigenvalue weighted by molar-refractivity contribution is 0.228. The molecule has 0 radical (unpaired) electrons. The second-order valence-electron chi connectivity index (χ2n) is 4.12. The summed E-state index contributed by atoms with van der Waals surface area (Å²) in [6.07, 6.45) is -0.938. The number of tetrazole rings is 1. The molecule has 0 saturated carbocycles. The van der Waals surface area contributed by atoms with E-state index in [9.17, 15) is 8.42 Å². The van der Waals surface area contributed by atoms with Gasteiger partial charge in [-0.05, 0) is 29.9 Å². The summed E-state index contributed by atoms with van der Waals surface area (Å²) in [7, 11) is -4.06. The fourth-order valence-electron chi connectivity index (χ4n) is 1.43. The highest BCUT2D eigenvalue weighted by molar-refractivity contribution is 7.89. The van der Waals surface area contributed by atoms with Crippen molar-refractivity contribution in [3.8, 4) is 11.4 Å². The molecule has 10 nitrogen and oxygen atoms in total. The number of sulfonamides is 1. The lowest BCUT2D eigenvalue weighted by Crippen LogP contribution is -2.48. The van der Waals surface area contributed by atoms with Gasteiger partial charge in [0.1, 0.15) is 0 Å². The number of aromatic nitrogens is 4. The molecule has 5 N–H and O–H groups in total. The Balaban J connectivity index is 2.28. The highest BCUT2D eigenvalue weighted by Crippen LogP contribution is 2.27. The number of rotatable bonds is 5. The molecule has 0 atom stereocenters. The third-order valence-corrected chi connectivity index (χ3v) is 4.12. The van der Waals surface area contributed by atoms with E-state index < -0.39 is 23.2 Å². The molecule has 0 aliphatic carbocycles. The molecule has 21 heavy (non-hydrogen) atoms. The summed E-state index contributed by atoms with van der Waals surface area (Å²) < 4.78 is 25.6. The average molecular weight is 335 g/mol. The van der Waals surface area contributed by atoms with Gasteiger partial charge in [0.2, 0.25) is 15.8 Å². The van der Waals surface area contributed by atoms with Crippen molar-refractivity contribution >= 4 is 28.4 Å². The molecule has 0 spiro atoms. The van der Waals surface area contributed by atoms with E-state index >= 15 is 0 Å². The van der Waals surface area contributed by atoms with Gasteiger partial charge in [0.05, 0.1) is 9.92 Å². The molecule has 0 bridgehead atoms. The van der Waals surface area contributed by atoms with Gasteiger partial charge >= 0.3 is 6.75 Å². The predicted octanol–water partition coefficient (Wildman–Crippen LogP) is -1.75. The van der Waals surface area contributed by atoms with Crippen molar-refractivity contribution in [2.45, 2.75) is 4.90 Å². The highest BCUT2D eigenvalue weighted by Gasteiger charge is 2.22. The number of benzene rings is 1. The van der Waals surface area contributed by atoms with Gasteiger partial charge in [-0.3, -0.25) is 0 Å². The number of hydrogen-bond donors (Lipinski definition) is 5. The van der Waals surface area contributed by atoms with Gasteiger partial charge in [0, 0.05) is 5.56 Å². The summed E-state index contributed by atoms with van der Waals surface area (Å²) in [5, 5.41) is 39.3. The van der Waals surface area contributed by atoms with Crippen molar-refractivity contribution < 1.29 is 23.5 Å². The van der Waals surface area contributed by atoms with Crippen LogP contribution in [0.3, 0.4) is 0 Å². The Kier molecular flexibility index (Phi) is 4.27. The Morgan fingerprint density at radius 2 is 2.05 bits per heavy atom. The van der Waals surface area contributed by atoms with Gasteiger partial charge in [-0.15, -0.1) is 10.2 Å². The lowest BCUT2D eigenvalue weighted by atomic mass is 9.82. The molecule has 13 heteroatoms. The van der Waals surface area contributed by atoms with Crippen molar-refractivity contribution in [3.63, 3.8) is 0 Å². The summed E-state index contributed by atoms with van der Waals surface area (Å²) in [5.41, 5.74) is 0.370. The van der Waals surface area contributed by atoms with E-state index in [0.29, 0.717) is 5.56 Å². The van der Waals surface area contributed by atoms with Crippen LogP contribution >= 0.6 is 11.6 Å². The SMILES string of the molecule is O=S(=O)(NC[B-](O)(O)O)c1ccc(-c2nn[nH]n2)c(Cl)c1. The molecule has 0 saturated heterocycles. The average Bonchev–Trinajstić information content (AvgIpc) is 2.89. The first-order valence-corrected chi connectivity index (χ1v) is 7.41. The van der Waals surface area contributed by atoms with Crippen LogP contribution in [0.5, 0.6) is 0 Å². The molecule has 0 aliphatic heterocycles. The molecular weight excluding hydrogens is 324 g/mol. The normalized spacial score (nSPS) is 12.6. The summed E-state index contributed by atoms with van der Waals surface area (Å²) in [6, 6.07) is 3.73. The smallest absolute Gasteiger partial charge is 0.386 e. The summed E-state index contributed by atoms with van der Waals surface area (Å²) in [5.74, 6) is 0.195. The molecule has 0 amide bonds. The largest absolute Gasteiger partial charge is 0.559 e. The predicted molar refractivity (Wildman–Crippen MR) is 72.2 cm³/mol. The van der Waals surface area contributed by atoms with E-state index in [1.807, 2.05) is 4.72 Å². The van der Waals surface area contributed by atoms with Crippen LogP contribution < -0.4 is 4.72 Å². The van der Waals surface area contributed by atoms with E-state index in [-0.39, 0.29) is 15.7 Å². The van der Waals surface area contributed by atoms with Crippen molar-refractivity contribution in [1.29, 1.82) is 0 Å². The molecule has 2 aromatic rings. The number of nitrogens with zero attached hydrogens (tertiary/aromatic N) is 3. The van der Waals surface area contributed by atoms with Gasteiger partial charge < -0.3 is 15.1 Å². The zero-order valence-electron chi connectivity index (χ0n) is 10.3. The summed E-state index contributed by atoms with van der Waals surface area (Å²) >= 11 is 5.96. The third kappa shape index (κ3) is 3.97. The molecule has 1 aromatic carbocycles. The minimum absolute atomic E-state index is 0.0630. The highest BCUT2D eigenvalue weighted by atomic mass is 35.5. The third-order valence-electron chi connectivity index (χ3n) is 2.38. The van der Waals surface area contributed by atoms with Crippen LogP contribution in [-0.2, 0) is 10.0 Å². The first-order chi connectivity index (χ1) is 9.69. The number of H-pyrrole nitrogens is 1. The van der Waals surface area contributed by atoms with E-state index in [1.165, 1.54) is 12.1 Å². The Morgan fingerprint density at radius 1 is 1.33 bits per heavy atom. The molecular formula is C8H10BClN5O5S-. The van der Waals surface area contributed by atoms with E-state index in [1.54, 1.807) is 0 Å². The Hall–Kier alpha value is -1.57. The molecule has 1 aromatic heterocycles. The molecule has 0 fully saturated rings. The number of hydrogen-bond acceptors (Lipinski definition) is 8. The second kappa shape index (κ2) is 5.67. The van der Waals surface area contributed by atoms with Crippen LogP contribution in [0.2, 0.25) is 5.02 Å². The van der Waals surface area contributed by atoms with Gasteiger partial charge in [-0.1, -0.05) is 11.6 Å². The zero-order valence-corrected chi connectivity index (χ0v) is 11.9. The standard InChI is InChI=1S/C8H10BClN5O5S/c10-7-3-5(21(19,20)11-4-9(16,17)18)1-2-6(7)8-12-14-15-13-8/h1-3,11,16-18H,4H2,(H,12,13,14,15)/q-1. The maximum atomic E-state index is 11.9. The maximum absolute atomic E-state index is 11.9. The van der Waals surface area contributed by atoms with Crippen molar-refractivity contribution in [2.24, 2.45) is 0 Å². The van der Waals surface area contributed by atoms with Crippen LogP contribution in [0.4, 0.5) is 0 Å². The Morgan fingerprint density at radius 3 is 2.57 bits per heavy atom. The van der Waals surface area contributed by atoms with Gasteiger partial charge in [0.25, 0.3) is 0 Å². The monoisotopic (exact) mass is 334 g/mol. The first-order valence-electron chi connectivity index (χ1n) is 5.55. The fraction of sp³-hybridized carbons (Fsp3) is 0.125. The van der Waals surface area contributed by atoms with Crippen LogP contribution in [0, 0.1) is 0 Å². The molecule has 0 aliphatic rings. The molecule has 2 rings (SSSR count). The summed E-state index contributed by atoms with van der Waals surface area (Å²) in [6.45, 7) is -3.77.